The van der Waals surface area contributed by atoms with E-state index in [1.165, 1.54) is 0 Å². The van der Waals surface area contributed by atoms with E-state index < -0.39 is 0 Å². The van der Waals surface area contributed by atoms with Crippen LogP contribution in [0, 0.1) is 5.92 Å². The molecule has 0 bridgehead atoms. The van der Waals surface area contributed by atoms with Crippen LogP contribution in [-0.4, -0.2) is 35.8 Å². The van der Waals surface area contributed by atoms with Crippen LogP contribution in [-0.2, 0) is 16.0 Å². The van der Waals surface area contributed by atoms with E-state index in [4.69, 9.17) is 4.74 Å². The molecule has 5 heteroatoms. The summed E-state index contributed by atoms with van der Waals surface area (Å²) in [5.41, 5.74) is 1.05. The zero-order chi connectivity index (χ0) is 18.6. The molecule has 1 aliphatic heterocycles. The molecule has 2 aliphatic rings. The number of carbonyl (C=O) groups is 2. The second-order valence-corrected chi connectivity index (χ2v) is 7.24. The van der Waals surface area contributed by atoms with Crippen molar-refractivity contribution in [2.24, 2.45) is 5.92 Å². The maximum atomic E-state index is 12.4. The molecule has 0 unspecified atom stereocenters. The molecule has 2 aromatic rings. The van der Waals surface area contributed by atoms with Gasteiger partial charge in [0.25, 0.3) is 0 Å². The van der Waals surface area contributed by atoms with Crippen LogP contribution in [0.2, 0.25) is 0 Å². The van der Waals surface area contributed by atoms with Gasteiger partial charge in [0.05, 0.1) is 5.92 Å². The molecule has 1 saturated heterocycles. The molecule has 2 fully saturated rings. The van der Waals surface area contributed by atoms with Crippen LogP contribution in [0.3, 0.4) is 0 Å². The Morgan fingerprint density at radius 1 is 1.07 bits per heavy atom. The summed E-state index contributed by atoms with van der Waals surface area (Å²) in [7, 11) is 0. The van der Waals surface area contributed by atoms with Gasteiger partial charge in [-0.15, -0.1) is 0 Å². The molecule has 140 valence electrons. The van der Waals surface area contributed by atoms with E-state index >= 15 is 0 Å². The predicted molar refractivity (Wildman–Crippen MR) is 103 cm³/mol. The van der Waals surface area contributed by atoms with Gasteiger partial charge in [0.15, 0.2) is 0 Å². The van der Waals surface area contributed by atoms with Crippen LogP contribution in [0.4, 0.5) is 0 Å². The smallest absolute Gasteiger partial charge is 0.225 e. The first-order valence-corrected chi connectivity index (χ1v) is 9.58. The monoisotopic (exact) mass is 364 g/mol. The highest BCUT2D eigenvalue weighted by atomic mass is 16.5. The molecule has 27 heavy (non-hydrogen) atoms. The number of nitrogens with zero attached hydrogens (tertiary/aromatic N) is 1. The molecule has 4 rings (SSSR count). The summed E-state index contributed by atoms with van der Waals surface area (Å²) < 4.78 is 5.96. The number of ether oxygens (including phenoxy) is 1. The number of hydrogen-bond donors (Lipinski definition) is 1. The van der Waals surface area contributed by atoms with Crippen molar-refractivity contribution in [3.63, 3.8) is 0 Å². The topological polar surface area (TPSA) is 58.6 Å². The number of carbonyl (C=O) groups excluding carboxylic acids is 2. The van der Waals surface area contributed by atoms with Gasteiger partial charge in [0.1, 0.15) is 11.5 Å². The van der Waals surface area contributed by atoms with Gasteiger partial charge in [-0.05, 0) is 43.0 Å². The lowest BCUT2D eigenvalue weighted by molar-refractivity contribution is -0.129. The molecule has 1 heterocycles. The van der Waals surface area contributed by atoms with Crippen LogP contribution >= 0.6 is 0 Å². The third-order valence-corrected chi connectivity index (χ3v) is 5.15. The van der Waals surface area contributed by atoms with E-state index in [1.54, 1.807) is 0 Å². The van der Waals surface area contributed by atoms with Crippen molar-refractivity contribution in [3.8, 4) is 11.5 Å². The lowest BCUT2D eigenvalue weighted by Gasteiger charge is -2.15. The van der Waals surface area contributed by atoms with Crippen LogP contribution in [0.15, 0.2) is 54.6 Å². The number of nitrogens with one attached hydrogen (secondary N) is 1. The number of likely N-dealkylation sites (tertiary alicyclic amines) is 1. The van der Waals surface area contributed by atoms with Gasteiger partial charge in [-0.3, -0.25) is 9.59 Å². The van der Waals surface area contributed by atoms with Crippen molar-refractivity contribution < 1.29 is 14.3 Å². The molecule has 2 amide bonds. The Morgan fingerprint density at radius 2 is 1.81 bits per heavy atom. The van der Waals surface area contributed by atoms with Crippen LogP contribution in [0.1, 0.15) is 24.8 Å². The largest absolute Gasteiger partial charge is 0.457 e. The normalized spacial score (nSPS) is 19.2. The van der Waals surface area contributed by atoms with Crippen molar-refractivity contribution >= 4 is 11.8 Å². The molecular weight excluding hydrogens is 340 g/mol. The first kappa shape index (κ1) is 17.6. The number of para-hydroxylation sites is 2. The molecule has 1 atom stereocenters. The van der Waals surface area contributed by atoms with Gasteiger partial charge in [-0.1, -0.05) is 36.4 Å². The van der Waals surface area contributed by atoms with Gasteiger partial charge < -0.3 is 15.0 Å². The summed E-state index contributed by atoms with van der Waals surface area (Å²) in [5, 5.41) is 2.99. The Morgan fingerprint density at radius 3 is 2.59 bits per heavy atom. The van der Waals surface area contributed by atoms with Gasteiger partial charge >= 0.3 is 0 Å². The van der Waals surface area contributed by atoms with Gasteiger partial charge in [0.2, 0.25) is 11.8 Å². The Labute approximate surface area is 159 Å². The second kappa shape index (κ2) is 7.82. The van der Waals surface area contributed by atoms with E-state index in [-0.39, 0.29) is 17.7 Å². The fourth-order valence-electron chi connectivity index (χ4n) is 3.54. The summed E-state index contributed by atoms with van der Waals surface area (Å²) in [6.45, 7) is 1.10. The van der Waals surface area contributed by atoms with E-state index in [0.29, 0.717) is 32.0 Å². The summed E-state index contributed by atoms with van der Waals surface area (Å²) in [6.07, 6.45) is 3.19. The zero-order valence-electron chi connectivity index (χ0n) is 15.3. The number of rotatable bonds is 7. The molecule has 5 nitrogen and oxygen atoms in total. The van der Waals surface area contributed by atoms with Crippen molar-refractivity contribution in [2.75, 3.05) is 13.1 Å². The average molecular weight is 364 g/mol. The summed E-state index contributed by atoms with van der Waals surface area (Å²) in [5.74, 6) is 1.48. The van der Waals surface area contributed by atoms with Gasteiger partial charge in [0, 0.05) is 25.6 Å². The Kier molecular flexibility index (Phi) is 5.10. The Bertz CT molecular complexity index is 817. The minimum absolute atomic E-state index is 0.0204. The Balaban J connectivity index is 1.30. The lowest BCUT2D eigenvalue weighted by Crippen LogP contribution is -2.34. The summed E-state index contributed by atoms with van der Waals surface area (Å²) in [6, 6.07) is 17.9. The minimum Gasteiger partial charge on any atom is -0.457 e. The minimum atomic E-state index is -0.214. The molecule has 1 aliphatic carbocycles. The fraction of sp³-hybridized carbons (Fsp3) is 0.364. The van der Waals surface area contributed by atoms with Gasteiger partial charge in [-0.2, -0.15) is 0 Å². The number of benzene rings is 2. The third kappa shape index (κ3) is 4.30. The highest BCUT2D eigenvalue weighted by Crippen LogP contribution is 2.32. The number of amides is 2. The highest BCUT2D eigenvalue weighted by Gasteiger charge is 2.41. The third-order valence-electron chi connectivity index (χ3n) is 5.15. The van der Waals surface area contributed by atoms with Crippen LogP contribution in [0.5, 0.6) is 11.5 Å². The van der Waals surface area contributed by atoms with E-state index in [9.17, 15) is 9.59 Å². The molecule has 0 spiro atoms. The van der Waals surface area contributed by atoms with E-state index in [2.05, 4.69) is 5.32 Å². The lowest BCUT2D eigenvalue weighted by atomic mass is 10.1. The maximum Gasteiger partial charge on any atom is 0.225 e. The van der Waals surface area contributed by atoms with Crippen molar-refractivity contribution in [3.05, 3.63) is 60.2 Å². The Hall–Kier alpha value is -2.82. The molecule has 1 saturated carbocycles. The quantitative estimate of drug-likeness (QED) is 0.821. The van der Waals surface area contributed by atoms with Crippen LogP contribution < -0.4 is 10.1 Å². The van der Waals surface area contributed by atoms with Gasteiger partial charge in [-0.25, -0.2) is 0 Å². The van der Waals surface area contributed by atoms with E-state index in [1.807, 2.05) is 59.5 Å². The van der Waals surface area contributed by atoms with Crippen molar-refractivity contribution in [1.82, 2.24) is 10.2 Å². The molecule has 0 aromatic heterocycles. The molecule has 0 radical (unpaired) electrons. The fourth-order valence-corrected chi connectivity index (χ4v) is 3.54. The SMILES string of the molecule is O=C(NCCc1ccccc1Oc1ccccc1)[C@@H]1CC(=O)N(C2CC2)C1. The molecular formula is C22H24N2O3. The first-order valence-electron chi connectivity index (χ1n) is 9.58. The zero-order valence-corrected chi connectivity index (χ0v) is 15.3. The number of hydrogen-bond acceptors (Lipinski definition) is 3. The maximum absolute atomic E-state index is 12.4. The average Bonchev–Trinajstić information content (AvgIpc) is 3.45. The molecule has 1 N–H and O–H groups in total. The van der Waals surface area contributed by atoms with Crippen LogP contribution in [0.25, 0.3) is 0 Å². The molecule has 2 aromatic carbocycles. The second-order valence-electron chi connectivity index (χ2n) is 7.24. The summed E-state index contributed by atoms with van der Waals surface area (Å²) >= 11 is 0. The highest BCUT2D eigenvalue weighted by molar-refractivity contribution is 5.89. The van der Waals surface area contributed by atoms with E-state index in [0.717, 1.165) is 29.9 Å². The summed E-state index contributed by atoms with van der Waals surface area (Å²) in [4.78, 5) is 26.3. The standard InChI is InChI=1S/C22H24N2O3/c25-21-14-17(15-24(21)18-10-11-18)22(26)23-13-12-16-6-4-5-9-20(16)27-19-7-2-1-3-8-19/h1-9,17-18H,10-15H2,(H,23,26)/t17-/m1/s1. The first-order chi connectivity index (χ1) is 13.2. The van der Waals surface area contributed by atoms with Crippen molar-refractivity contribution in [1.29, 1.82) is 0 Å². The predicted octanol–water partition coefficient (Wildman–Crippen LogP) is 3.15. The van der Waals surface area contributed by atoms with Crippen molar-refractivity contribution in [2.45, 2.75) is 31.7 Å².